The lowest BCUT2D eigenvalue weighted by molar-refractivity contribution is -0.137. The number of rotatable bonds is 3. The third-order valence-electron chi connectivity index (χ3n) is 4.26. The fourth-order valence-corrected chi connectivity index (χ4v) is 2.73. The largest absolute Gasteiger partial charge is 0.450 e. The Morgan fingerprint density at radius 1 is 1.09 bits per heavy atom. The van der Waals surface area contributed by atoms with Crippen molar-refractivity contribution in [2.45, 2.75) is 26.2 Å². The average Bonchev–Trinajstić information content (AvgIpc) is 2.55. The van der Waals surface area contributed by atoms with Gasteiger partial charge < -0.3 is 20.3 Å². The van der Waals surface area contributed by atoms with Crippen LogP contribution < -0.4 is 5.73 Å². The highest BCUT2D eigenvalue weighted by Crippen LogP contribution is 2.27. The summed E-state index contributed by atoms with van der Waals surface area (Å²) in [4.78, 5) is 28.0. The Labute approximate surface area is 137 Å². The molecule has 0 radical (unpaired) electrons. The highest BCUT2D eigenvalue weighted by Gasteiger charge is 2.35. The molecule has 0 aliphatic carbocycles. The molecule has 0 saturated carbocycles. The van der Waals surface area contributed by atoms with Gasteiger partial charge in [0, 0.05) is 31.9 Å². The van der Waals surface area contributed by atoms with Gasteiger partial charge in [0.1, 0.15) is 0 Å². The summed E-state index contributed by atoms with van der Waals surface area (Å²) in [7, 11) is 0. The van der Waals surface area contributed by atoms with Crippen LogP contribution in [-0.2, 0) is 14.9 Å². The number of anilines is 1. The van der Waals surface area contributed by atoms with Gasteiger partial charge in [0.2, 0.25) is 5.91 Å². The SMILES string of the molecule is CCOC(=O)N1CCN(C(=O)C(C)(C)c2ccc(N)cc2)CC1. The van der Waals surface area contributed by atoms with Crippen LogP contribution in [-0.4, -0.2) is 54.6 Å². The molecule has 1 fully saturated rings. The van der Waals surface area contributed by atoms with E-state index in [0.717, 1.165) is 5.56 Å². The van der Waals surface area contributed by atoms with Crippen molar-refractivity contribution in [3.8, 4) is 0 Å². The Bertz CT molecular complexity index is 561. The molecule has 2 amide bonds. The van der Waals surface area contributed by atoms with Crippen molar-refractivity contribution in [1.82, 2.24) is 9.80 Å². The number of nitrogen functional groups attached to an aromatic ring is 1. The molecule has 2 N–H and O–H groups in total. The van der Waals surface area contributed by atoms with Gasteiger partial charge in [0.25, 0.3) is 0 Å². The van der Waals surface area contributed by atoms with Crippen LogP contribution in [0.4, 0.5) is 10.5 Å². The quantitative estimate of drug-likeness (QED) is 0.863. The fourth-order valence-electron chi connectivity index (χ4n) is 2.73. The molecule has 0 bridgehead atoms. The Kier molecular flexibility index (Phi) is 5.13. The van der Waals surface area contributed by atoms with Gasteiger partial charge in [-0.3, -0.25) is 4.79 Å². The number of carbonyl (C=O) groups is 2. The van der Waals surface area contributed by atoms with Gasteiger partial charge in [-0.1, -0.05) is 12.1 Å². The predicted octanol–water partition coefficient (Wildman–Crippen LogP) is 1.85. The van der Waals surface area contributed by atoms with Crippen LogP contribution in [0.2, 0.25) is 0 Å². The zero-order chi connectivity index (χ0) is 17.0. The first-order valence-corrected chi connectivity index (χ1v) is 7.93. The molecule has 1 saturated heterocycles. The van der Waals surface area contributed by atoms with E-state index >= 15 is 0 Å². The van der Waals surface area contributed by atoms with Crippen molar-refractivity contribution in [3.63, 3.8) is 0 Å². The van der Waals surface area contributed by atoms with Crippen LogP contribution in [0.5, 0.6) is 0 Å². The molecule has 2 rings (SSSR count). The summed E-state index contributed by atoms with van der Waals surface area (Å²) in [6.45, 7) is 8.03. The standard InChI is InChI=1S/C17H25N3O3/c1-4-23-16(22)20-11-9-19(10-12-20)15(21)17(2,3)13-5-7-14(18)8-6-13/h5-8H,4,9-12,18H2,1-3H3. The van der Waals surface area contributed by atoms with E-state index in [-0.39, 0.29) is 12.0 Å². The van der Waals surface area contributed by atoms with Gasteiger partial charge in [-0.25, -0.2) is 4.79 Å². The summed E-state index contributed by atoms with van der Waals surface area (Å²) in [6, 6.07) is 7.40. The molecule has 1 aliphatic rings. The average molecular weight is 319 g/mol. The Morgan fingerprint density at radius 3 is 2.13 bits per heavy atom. The molecule has 0 spiro atoms. The number of benzene rings is 1. The first-order chi connectivity index (χ1) is 10.9. The van der Waals surface area contributed by atoms with Crippen LogP contribution in [0.15, 0.2) is 24.3 Å². The maximum absolute atomic E-state index is 12.9. The Hall–Kier alpha value is -2.24. The molecule has 0 aromatic heterocycles. The topological polar surface area (TPSA) is 75.9 Å². The van der Waals surface area contributed by atoms with Crippen LogP contribution >= 0.6 is 0 Å². The van der Waals surface area contributed by atoms with Crippen LogP contribution in [0, 0.1) is 0 Å². The molecule has 1 aromatic rings. The number of hydrogen-bond donors (Lipinski definition) is 1. The normalized spacial score (nSPS) is 15.4. The molecule has 23 heavy (non-hydrogen) atoms. The Morgan fingerprint density at radius 2 is 1.61 bits per heavy atom. The van der Waals surface area contributed by atoms with Gasteiger partial charge in [-0.05, 0) is 38.5 Å². The van der Waals surface area contributed by atoms with Crippen LogP contribution in [0.25, 0.3) is 0 Å². The van der Waals surface area contributed by atoms with Crippen molar-refractivity contribution in [2.75, 3.05) is 38.5 Å². The van der Waals surface area contributed by atoms with Crippen molar-refractivity contribution in [1.29, 1.82) is 0 Å². The van der Waals surface area contributed by atoms with E-state index in [4.69, 9.17) is 10.5 Å². The maximum Gasteiger partial charge on any atom is 0.409 e. The van der Waals surface area contributed by atoms with Gasteiger partial charge in [-0.15, -0.1) is 0 Å². The number of nitrogens with zero attached hydrogens (tertiary/aromatic N) is 2. The predicted molar refractivity (Wildman–Crippen MR) is 89.1 cm³/mol. The van der Waals surface area contributed by atoms with Gasteiger partial charge in [0.05, 0.1) is 12.0 Å². The second kappa shape index (κ2) is 6.89. The van der Waals surface area contributed by atoms with Gasteiger partial charge >= 0.3 is 6.09 Å². The zero-order valence-electron chi connectivity index (χ0n) is 14.0. The smallest absolute Gasteiger partial charge is 0.409 e. The van der Waals surface area contributed by atoms with E-state index in [1.807, 2.05) is 43.0 Å². The second-order valence-corrected chi connectivity index (χ2v) is 6.23. The number of hydrogen-bond acceptors (Lipinski definition) is 4. The third-order valence-corrected chi connectivity index (χ3v) is 4.26. The summed E-state index contributed by atoms with van der Waals surface area (Å²) >= 11 is 0. The first kappa shape index (κ1) is 17.1. The molecule has 1 aromatic carbocycles. The van der Waals surface area contributed by atoms with Crippen molar-refractivity contribution in [3.05, 3.63) is 29.8 Å². The van der Waals surface area contributed by atoms with E-state index in [9.17, 15) is 9.59 Å². The molecule has 0 unspecified atom stereocenters. The number of piperazine rings is 1. The summed E-state index contributed by atoms with van der Waals surface area (Å²) in [5.41, 5.74) is 6.70. The summed E-state index contributed by atoms with van der Waals surface area (Å²) in [5, 5.41) is 0. The monoisotopic (exact) mass is 319 g/mol. The zero-order valence-corrected chi connectivity index (χ0v) is 14.0. The van der Waals surface area contributed by atoms with Gasteiger partial charge in [-0.2, -0.15) is 0 Å². The van der Waals surface area contributed by atoms with Gasteiger partial charge in [0.15, 0.2) is 0 Å². The number of ether oxygens (including phenoxy) is 1. The molecule has 126 valence electrons. The van der Waals surface area contributed by atoms with E-state index < -0.39 is 5.41 Å². The fraction of sp³-hybridized carbons (Fsp3) is 0.529. The maximum atomic E-state index is 12.9. The minimum Gasteiger partial charge on any atom is -0.450 e. The Balaban J connectivity index is 2.01. The third kappa shape index (κ3) is 3.75. The molecule has 1 aliphatic heterocycles. The van der Waals surface area contributed by atoms with Crippen molar-refractivity contribution >= 4 is 17.7 Å². The molecular formula is C17H25N3O3. The van der Waals surface area contributed by atoms with Crippen molar-refractivity contribution < 1.29 is 14.3 Å². The molecule has 6 heteroatoms. The molecule has 0 atom stereocenters. The van der Waals surface area contributed by atoms with E-state index in [0.29, 0.717) is 38.5 Å². The lowest BCUT2D eigenvalue weighted by Crippen LogP contribution is -2.54. The van der Waals surface area contributed by atoms with Crippen LogP contribution in [0.3, 0.4) is 0 Å². The van der Waals surface area contributed by atoms with Crippen LogP contribution in [0.1, 0.15) is 26.3 Å². The highest BCUT2D eigenvalue weighted by molar-refractivity contribution is 5.87. The molecule has 1 heterocycles. The lowest BCUT2D eigenvalue weighted by atomic mass is 9.83. The van der Waals surface area contributed by atoms with E-state index in [1.54, 1.807) is 11.8 Å². The highest BCUT2D eigenvalue weighted by atomic mass is 16.6. The molecule has 6 nitrogen and oxygen atoms in total. The number of nitrogens with two attached hydrogens (primary N) is 1. The molecular weight excluding hydrogens is 294 g/mol. The second-order valence-electron chi connectivity index (χ2n) is 6.23. The summed E-state index contributed by atoms with van der Waals surface area (Å²) < 4.78 is 5.00. The van der Waals surface area contributed by atoms with E-state index in [2.05, 4.69) is 0 Å². The summed E-state index contributed by atoms with van der Waals surface area (Å²) in [5.74, 6) is 0.0609. The van der Waals surface area contributed by atoms with Crippen molar-refractivity contribution in [2.24, 2.45) is 0 Å². The lowest BCUT2D eigenvalue weighted by Gasteiger charge is -2.38. The number of amides is 2. The first-order valence-electron chi connectivity index (χ1n) is 7.93. The minimum atomic E-state index is -0.625. The van der Waals surface area contributed by atoms with E-state index in [1.165, 1.54) is 0 Å². The minimum absolute atomic E-state index is 0.0609. The number of carbonyl (C=O) groups excluding carboxylic acids is 2. The summed E-state index contributed by atoms with van der Waals surface area (Å²) in [6.07, 6.45) is -0.308.